The van der Waals surface area contributed by atoms with Gasteiger partial charge in [0.2, 0.25) is 5.91 Å². The second kappa shape index (κ2) is 4.52. The lowest BCUT2D eigenvalue weighted by molar-refractivity contribution is -0.114. The Bertz CT molecular complexity index is 767. The predicted octanol–water partition coefficient (Wildman–Crippen LogP) is 1.55. The molecule has 1 amide bonds. The fourth-order valence-electron chi connectivity index (χ4n) is 1.65. The van der Waals surface area contributed by atoms with E-state index < -0.39 is 15.0 Å². The Hall–Kier alpha value is -2.12. The molecule has 6 nitrogen and oxygen atoms in total. The number of hydrogen-bond donors (Lipinski definition) is 3. The molecule has 2 aromatic carbocycles. The van der Waals surface area contributed by atoms with Crippen LogP contribution in [0.2, 0.25) is 0 Å². The molecule has 0 aliphatic rings. The van der Waals surface area contributed by atoms with Gasteiger partial charge in [-0.25, -0.2) is 0 Å². The van der Waals surface area contributed by atoms with E-state index in [1.54, 1.807) is 0 Å². The third-order valence-electron chi connectivity index (χ3n) is 2.42. The van der Waals surface area contributed by atoms with E-state index in [1.807, 2.05) is 0 Å². The van der Waals surface area contributed by atoms with Gasteiger partial charge in [0.1, 0.15) is 5.75 Å². The number of hydrogen-bond acceptors (Lipinski definition) is 4. The number of nitrogens with one attached hydrogen (secondary N) is 1. The fraction of sp³-hybridized carbons (Fsp3) is 0.0833. The van der Waals surface area contributed by atoms with Crippen LogP contribution in [0.3, 0.4) is 0 Å². The zero-order chi connectivity index (χ0) is 14.2. The first-order valence-corrected chi connectivity index (χ1v) is 6.65. The summed E-state index contributed by atoms with van der Waals surface area (Å²) in [4.78, 5) is 10.5. The first-order valence-electron chi connectivity index (χ1n) is 5.21. The van der Waals surface area contributed by atoms with Gasteiger partial charge in [0.15, 0.2) is 0 Å². The normalized spacial score (nSPS) is 11.5. The van der Waals surface area contributed by atoms with E-state index >= 15 is 0 Å². The molecule has 7 heteroatoms. The first-order chi connectivity index (χ1) is 8.77. The number of rotatable bonds is 2. The SMILES string of the molecule is CC(=O)Nc1[c]c2c(O)cc(S(=O)(=O)O)cc2cc1. The van der Waals surface area contributed by atoms with Crippen LogP contribution in [0.1, 0.15) is 6.92 Å². The average molecular weight is 280 g/mol. The molecule has 3 N–H and O–H groups in total. The number of aromatic hydroxyl groups is 1. The molecule has 0 spiro atoms. The van der Waals surface area contributed by atoms with Gasteiger partial charge in [-0.1, -0.05) is 6.07 Å². The van der Waals surface area contributed by atoms with E-state index in [1.165, 1.54) is 25.1 Å². The minimum atomic E-state index is -4.39. The molecule has 99 valence electrons. The van der Waals surface area contributed by atoms with Crippen LogP contribution < -0.4 is 5.32 Å². The van der Waals surface area contributed by atoms with Gasteiger partial charge in [-0.2, -0.15) is 8.42 Å². The molecule has 0 atom stereocenters. The molecule has 2 aromatic rings. The van der Waals surface area contributed by atoms with Crippen molar-refractivity contribution in [1.82, 2.24) is 0 Å². The number of carbonyl (C=O) groups is 1. The van der Waals surface area contributed by atoms with Crippen LogP contribution >= 0.6 is 0 Å². The predicted molar refractivity (Wildman–Crippen MR) is 68.6 cm³/mol. The van der Waals surface area contributed by atoms with Crippen LogP contribution in [0.4, 0.5) is 5.69 Å². The maximum Gasteiger partial charge on any atom is 0.294 e. The highest BCUT2D eigenvalue weighted by molar-refractivity contribution is 7.85. The lowest BCUT2D eigenvalue weighted by Gasteiger charge is -2.07. The van der Waals surface area contributed by atoms with Crippen molar-refractivity contribution in [2.75, 3.05) is 5.32 Å². The van der Waals surface area contributed by atoms with Crippen LogP contribution in [0.15, 0.2) is 29.2 Å². The molecule has 0 fully saturated rings. The zero-order valence-electron chi connectivity index (χ0n) is 9.84. The topological polar surface area (TPSA) is 104 Å². The third-order valence-corrected chi connectivity index (χ3v) is 3.25. The summed E-state index contributed by atoms with van der Waals surface area (Å²) in [6.45, 7) is 1.33. The van der Waals surface area contributed by atoms with Gasteiger partial charge in [0.25, 0.3) is 10.1 Å². The van der Waals surface area contributed by atoms with Gasteiger partial charge in [-0.3, -0.25) is 9.35 Å². The second-order valence-corrected chi connectivity index (χ2v) is 5.36. The number of amides is 1. The summed E-state index contributed by atoms with van der Waals surface area (Å²) in [5.74, 6) is -0.637. The largest absolute Gasteiger partial charge is 0.507 e. The summed E-state index contributed by atoms with van der Waals surface area (Å²) in [5.41, 5.74) is 0.356. The van der Waals surface area contributed by atoms with Crippen LogP contribution in [0.25, 0.3) is 10.8 Å². The minimum Gasteiger partial charge on any atom is -0.507 e. The Labute approximate surface area is 109 Å². The van der Waals surface area contributed by atoms with Crippen LogP contribution in [-0.2, 0) is 14.9 Å². The van der Waals surface area contributed by atoms with E-state index in [0.29, 0.717) is 11.1 Å². The summed E-state index contributed by atoms with van der Waals surface area (Å²) < 4.78 is 31.0. The Balaban J connectivity index is 2.63. The Morgan fingerprint density at radius 2 is 2.00 bits per heavy atom. The molecule has 0 aliphatic heterocycles. The highest BCUT2D eigenvalue weighted by Crippen LogP contribution is 2.30. The maximum absolute atomic E-state index is 11.0. The smallest absolute Gasteiger partial charge is 0.294 e. The maximum atomic E-state index is 11.0. The molecule has 2 rings (SSSR count). The standard InChI is InChI=1S/C12H10NO5S/c1-7(14)13-9-3-2-8-4-10(19(16,17)18)6-12(15)11(8)5-9/h2-4,6,15H,1H3,(H,13,14)(H,16,17,18). The number of fused-ring (bicyclic) bond motifs is 1. The summed E-state index contributed by atoms with van der Waals surface area (Å²) in [5, 5.41) is 12.9. The van der Waals surface area contributed by atoms with E-state index in [-0.39, 0.29) is 17.0 Å². The van der Waals surface area contributed by atoms with Gasteiger partial charge in [0.05, 0.1) is 4.90 Å². The lowest BCUT2D eigenvalue weighted by Crippen LogP contribution is -2.05. The van der Waals surface area contributed by atoms with Gasteiger partial charge in [0, 0.05) is 30.1 Å². The lowest BCUT2D eigenvalue weighted by atomic mass is 10.1. The molecule has 0 bridgehead atoms. The second-order valence-electron chi connectivity index (χ2n) is 3.93. The summed E-state index contributed by atoms with van der Waals surface area (Å²) in [7, 11) is -4.39. The van der Waals surface area contributed by atoms with Crippen molar-refractivity contribution in [3.63, 3.8) is 0 Å². The molecule has 0 saturated heterocycles. The monoisotopic (exact) mass is 280 g/mol. The third kappa shape index (κ3) is 2.83. The fourth-order valence-corrected chi connectivity index (χ4v) is 2.19. The van der Waals surface area contributed by atoms with Crippen molar-refractivity contribution in [3.8, 4) is 5.75 Å². The molecule has 0 aromatic heterocycles. The molecule has 0 unspecified atom stereocenters. The van der Waals surface area contributed by atoms with Gasteiger partial charge in [-0.05, 0) is 17.5 Å². The zero-order valence-corrected chi connectivity index (χ0v) is 10.7. The van der Waals surface area contributed by atoms with Crippen LogP contribution in [-0.4, -0.2) is 24.0 Å². The van der Waals surface area contributed by atoms with E-state index in [0.717, 1.165) is 6.07 Å². The van der Waals surface area contributed by atoms with Crippen molar-refractivity contribution in [2.45, 2.75) is 11.8 Å². The number of benzene rings is 2. The molecule has 1 radical (unpaired) electrons. The summed E-state index contributed by atoms with van der Waals surface area (Å²) in [6.07, 6.45) is 0. The van der Waals surface area contributed by atoms with Crippen LogP contribution in [0, 0.1) is 6.07 Å². The molecule has 0 saturated carbocycles. The Morgan fingerprint density at radius 1 is 1.32 bits per heavy atom. The summed E-state index contributed by atoms with van der Waals surface area (Å²) >= 11 is 0. The Morgan fingerprint density at radius 3 is 2.58 bits per heavy atom. The van der Waals surface area contributed by atoms with Gasteiger partial charge in [-0.15, -0.1) is 0 Å². The quantitative estimate of drug-likeness (QED) is 0.724. The van der Waals surface area contributed by atoms with E-state index in [9.17, 15) is 18.3 Å². The van der Waals surface area contributed by atoms with E-state index in [2.05, 4.69) is 11.4 Å². The molecular formula is C12H10NO5S. The van der Waals surface area contributed by atoms with Gasteiger partial charge < -0.3 is 10.4 Å². The van der Waals surface area contributed by atoms with Gasteiger partial charge >= 0.3 is 0 Å². The van der Waals surface area contributed by atoms with Crippen molar-refractivity contribution < 1.29 is 22.9 Å². The number of phenolic OH excluding ortho intramolecular Hbond substituents is 1. The van der Waals surface area contributed by atoms with E-state index in [4.69, 9.17) is 4.55 Å². The average Bonchev–Trinajstić information content (AvgIpc) is 2.27. The highest BCUT2D eigenvalue weighted by Gasteiger charge is 2.13. The highest BCUT2D eigenvalue weighted by atomic mass is 32.2. The molecule has 19 heavy (non-hydrogen) atoms. The number of phenols is 1. The summed E-state index contributed by atoms with van der Waals surface area (Å²) in [6, 6.07) is 7.89. The van der Waals surface area contributed by atoms with Crippen molar-refractivity contribution >= 4 is 32.5 Å². The Kier molecular flexibility index (Phi) is 3.17. The number of carbonyl (C=O) groups excluding carboxylic acids is 1. The molecule has 0 heterocycles. The van der Waals surface area contributed by atoms with Crippen molar-refractivity contribution in [3.05, 3.63) is 30.3 Å². The van der Waals surface area contributed by atoms with Crippen molar-refractivity contribution in [2.24, 2.45) is 0 Å². The number of anilines is 1. The molecule has 0 aliphatic carbocycles. The molecular weight excluding hydrogens is 270 g/mol. The van der Waals surface area contributed by atoms with Crippen molar-refractivity contribution in [1.29, 1.82) is 0 Å². The first kappa shape index (κ1) is 13.3. The van der Waals surface area contributed by atoms with Crippen LogP contribution in [0.5, 0.6) is 5.75 Å². The minimum absolute atomic E-state index is 0.249.